The third-order valence-electron chi connectivity index (χ3n) is 3.82. The van der Waals surface area contributed by atoms with Crippen LogP contribution in [0.4, 0.5) is 0 Å². The Balaban J connectivity index is 2.53. The molecule has 2 aromatic rings. The van der Waals surface area contributed by atoms with Gasteiger partial charge in [0.1, 0.15) is 17.3 Å². The first-order valence-electron chi connectivity index (χ1n) is 7.12. The summed E-state index contributed by atoms with van der Waals surface area (Å²) in [5.74, 6) is 2.60. The number of hydrogen-bond acceptors (Lipinski definition) is 3. The Kier molecular flexibility index (Phi) is 4.96. The Morgan fingerprint density at radius 1 is 1.24 bits per heavy atom. The molecule has 0 saturated carbocycles. The molecule has 0 aliphatic heterocycles. The molecule has 0 radical (unpaired) electrons. The summed E-state index contributed by atoms with van der Waals surface area (Å²) in [4.78, 5) is 0. The minimum Gasteiger partial charge on any atom is -0.495 e. The predicted molar refractivity (Wildman–Crippen MR) is 86.4 cm³/mol. The molecule has 1 aromatic carbocycles. The molecule has 1 heterocycles. The van der Waals surface area contributed by atoms with E-state index in [2.05, 4.69) is 19.2 Å². The second-order valence-electron chi connectivity index (χ2n) is 5.14. The van der Waals surface area contributed by atoms with Crippen LogP contribution in [0.3, 0.4) is 0 Å². The molecule has 2 rings (SSSR count). The number of ether oxygens (including phenoxy) is 1. The van der Waals surface area contributed by atoms with Crippen molar-refractivity contribution in [2.75, 3.05) is 13.7 Å². The summed E-state index contributed by atoms with van der Waals surface area (Å²) in [5.41, 5.74) is 3.50. The highest BCUT2D eigenvalue weighted by molar-refractivity contribution is 6.32. The van der Waals surface area contributed by atoms with Crippen LogP contribution in [-0.4, -0.2) is 13.7 Å². The summed E-state index contributed by atoms with van der Waals surface area (Å²) >= 11 is 6.13. The maximum atomic E-state index is 6.13. The molecule has 0 fully saturated rings. The van der Waals surface area contributed by atoms with Gasteiger partial charge in [0.15, 0.2) is 0 Å². The van der Waals surface area contributed by atoms with Crippen molar-refractivity contribution in [3.63, 3.8) is 0 Å². The van der Waals surface area contributed by atoms with E-state index < -0.39 is 0 Å². The van der Waals surface area contributed by atoms with Crippen molar-refractivity contribution in [3.05, 3.63) is 51.4 Å². The van der Waals surface area contributed by atoms with Gasteiger partial charge in [-0.25, -0.2) is 0 Å². The average Bonchev–Trinajstić information content (AvgIpc) is 2.71. The molecule has 0 spiro atoms. The molecular formula is C17H22ClNO2. The van der Waals surface area contributed by atoms with Gasteiger partial charge in [0.2, 0.25) is 0 Å². The van der Waals surface area contributed by atoms with Crippen LogP contribution in [0.1, 0.15) is 41.2 Å². The molecule has 0 aliphatic rings. The standard InChI is InChI=1S/C17H22ClNO2/c1-6-19-17(16-10(2)11(3)21-12(16)4)13-7-8-14(18)15(9-13)20-5/h7-9,17,19H,6H2,1-5H3. The molecular weight excluding hydrogens is 286 g/mol. The molecule has 1 N–H and O–H groups in total. The first kappa shape index (κ1) is 15.9. The number of hydrogen-bond donors (Lipinski definition) is 1. The summed E-state index contributed by atoms with van der Waals surface area (Å²) in [5, 5.41) is 4.14. The maximum Gasteiger partial charge on any atom is 0.137 e. The quantitative estimate of drug-likeness (QED) is 0.879. The lowest BCUT2D eigenvalue weighted by Crippen LogP contribution is -2.23. The minimum atomic E-state index is 0.0682. The van der Waals surface area contributed by atoms with Crippen molar-refractivity contribution in [1.82, 2.24) is 5.32 Å². The third kappa shape index (κ3) is 3.09. The van der Waals surface area contributed by atoms with Crippen molar-refractivity contribution in [2.24, 2.45) is 0 Å². The lowest BCUT2D eigenvalue weighted by molar-refractivity contribution is 0.413. The van der Waals surface area contributed by atoms with Gasteiger partial charge in [-0.2, -0.15) is 0 Å². The Hall–Kier alpha value is -1.45. The van der Waals surface area contributed by atoms with Gasteiger partial charge < -0.3 is 14.5 Å². The lowest BCUT2D eigenvalue weighted by Gasteiger charge is -2.20. The van der Waals surface area contributed by atoms with Crippen molar-refractivity contribution >= 4 is 11.6 Å². The fraction of sp³-hybridized carbons (Fsp3) is 0.412. The maximum absolute atomic E-state index is 6.13. The second kappa shape index (κ2) is 6.54. The molecule has 114 valence electrons. The van der Waals surface area contributed by atoms with E-state index in [0.29, 0.717) is 10.8 Å². The molecule has 1 unspecified atom stereocenters. The number of methoxy groups -OCH3 is 1. The van der Waals surface area contributed by atoms with E-state index in [9.17, 15) is 0 Å². The topological polar surface area (TPSA) is 34.4 Å². The van der Waals surface area contributed by atoms with E-state index in [-0.39, 0.29) is 6.04 Å². The zero-order valence-corrected chi connectivity index (χ0v) is 14.0. The SMILES string of the molecule is CCNC(c1ccc(Cl)c(OC)c1)c1c(C)oc(C)c1C. The molecule has 1 atom stereocenters. The first-order chi connectivity index (χ1) is 9.99. The number of furan rings is 1. The van der Waals surface area contributed by atoms with Crippen molar-refractivity contribution in [3.8, 4) is 5.75 Å². The van der Waals surface area contributed by atoms with Crippen LogP contribution < -0.4 is 10.1 Å². The van der Waals surface area contributed by atoms with E-state index in [1.54, 1.807) is 7.11 Å². The monoisotopic (exact) mass is 307 g/mol. The van der Waals surface area contributed by atoms with Gasteiger partial charge in [0.25, 0.3) is 0 Å². The average molecular weight is 308 g/mol. The molecule has 3 nitrogen and oxygen atoms in total. The minimum absolute atomic E-state index is 0.0682. The first-order valence-corrected chi connectivity index (χ1v) is 7.50. The fourth-order valence-electron chi connectivity index (χ4n) is 2.68. The fourth-order valence-corrected chi connectivity index (χ4v) is 2.88. The zero-order valence-electron chi connectivity index (χ0n) is 13.2. The van der Waals surface area contributed by atoms with E-state index in [1.807, 2.05) is 32.0 Å². The Labute approximate surface area is 131 Å². The number of halogens is 1. The van der Waals surface area contributed by atoms with Gasteiger partial charge in [-0.15, -0.1) is 0 Å². The van der Waals surface area contributed by atoms with Crippen LogP contribution in [-0.2, 0) is 0 Å². The summed E-state index contributed by atoms with van der Waals surface area (Å²) in [6, 6.07) is 5.95. The lowest BCUT2D eigenvalue weighted by atomic mass is 9.95. The van der Waals surface area contributed by atoms with Gasteiger partial charge in [0.05, 0.1) is 18.2 Å². The Morgan fingerprint density at radius 2 is 1.95 bits per heavy atom. The van der Waals surface area contributed by atoms with Crippen LogP contribution in [0.25, 0.3) is 0 Å². The highest BCUT2D eigenvalue weighted by atomic mass is 35.5. The van der Waals surface area contributed by atoms with Crippen molar-refractivity contribution in [1.29, 1.82) is 0 Å². The van der Waals surface area contributed by atoms with Crippen LogP contribution in [0.5, 0.6) is 5.75 Å². The second-order valence-corrected chi connectivity index (χ2v) is 5.54. The number of nitrogens with one attached hydrogen (secondary N) is 1. The molecule has 0 aliphatic carbocycles. The molecule has 0 saturated heterocycles. The van der Waals surface area contributed by atoms with E-state index in [4.69, 9.17) is 20.8 Å². The summed E-state index contributed by atoms with van der Waals surface area (Å²) in [6.07, 6.45) is 0. The highest BCUT2D eigenvalue weighted by Gasteiger charge is 2.22. The molecule has 21 heavy (non-hydrogen) atoms. The van der Waals surface area contributed by atoms with E-state index >= 15 is 0 Å². The largest absolute Gasteiger partial charge is 0.495 e. The van der Waals surface area contributed by atoms with Gasteiger partial charge in [-0.3, -0.25) is 0 Å². The van der Waals surface area contributed by atoms with Crippen LogP contribution in [0.15, 0.2) is 22.6 Å². The smallest absolute Gasteiger partial charge is 0.137 e. The van der Waals surface area contributed by atoms with Crippen molar-refractivity contribution < 1.29 is 9.15 Å². The van der Waals surface area contributed by atoms with Gasteiger partial charge in [-0.05, 0) is 50.6 Å². The van der Waals surface area contributed by atoms with Gasteiger partial charge in [0, 0.05) is 5.56 Å². The third-order valence-corrected chi connectivity index (χ3v) is 4.14. The number of rotatable bonds is 5. The Morgan fingerprint density at radius 3 is 2.48 bits per heavy atom. The van der Waals surface area contributed by atoms with Gasteiger partial charge >= 0.3 is 0 Å². The Bertz CT molecular complexity index is 634. The molecule has 0 bridgehead atoms. The highest BCUT2D eigenvalue weighted by Crippen LogP contribution is 2.34. The normalized spacial score (nSPS) is 12.5. The summed E-state index contributed by atoms with van der Waals surface area (Å²) in [6.45, 7) is 9.05. The van der Waals surface area contributed by atoms with Crippen LogP contribution >= 0.6 is 11.6 Å². The predicted octanol–water partition coefficient (Wildman–Crippen LogP) is 4.57. The number of aryl methyl sites for hydroxylation is 2. The van der Waals surface area contributed by atoms with Crippen LogP contribution in [0.2, 0.25) is 5.02 Å². The zero-order chi connectivity index (χ0) is 15.6. The van der Waals surface area contributed by atoms with Gasteiger partial charge in [-0.1, -0.05) is 24.6 Å². The van der Waals surface area contributed by atoms with E-state index in [0.717, 1.165) is 23.6 Å². The summed E-state index contributed by atoms with van der Waals surface area (Å²) < 4.78 is 11.1. The number of benzene rings is 1. The van der Waals surface area contributed by atoms with Crippen LogP contribution in [0, 0.1) is 20.8 Å². The molecule has 1 aromatic heterocycles. The molecule has 4 heteroatoms. The van der Waals surface area contributed by atoms with Crippen molar-refractivity contribution in [2.45, 2.75) is 33.7 Å². The summed E-state index contributed by atoms with van der Waals surface area (Å²) in [7, 11) is 1.63. The van der Waals surface area contributed by atoms with E-state index in [1.165, 1.54) is 11.1 Å². The molecule has 0 amide bonds.